The van der Waals surface area contributed by atoms with Crippen LogP contribution in [0.3, 0.4) is 0 Å². The van der Waals surface area contributed by atoms with E-state index in [1.807, 2.05) is 0 Å². The van der Waals surface area contributed by atoms with E-state index in [-0.39, 0.29) is 23.6 Å². The number of rotatable bonds is 5. The molecule has 1 saturated carbocycles. The van der Waals surface area contributed by atoms with E-state index in [9.17, 15) is 18.0 Å². The molecule has 29 heavy (non-hydrogen) atoms. The smallest absolute Gasteiger partial charge is 0.347 e. The van der Waals surface area contributed by atoms with Crippen LogP contribution in [0.25, 0.3) is 11.4 Å². The van der Waals surface area contributed by atoms with E-state index in [1.54, 1.807) is 24.3 Å². The third-order valence-electron chi connectivity index (χ3n) is 4.66. The lowest BCUT2D eigenvalue weighted by molar-refractivity contribution is -0.159. The maximum absolute atomic E-state index is 12.6. The van der Waals surface area contributed by atoms with Crippen LogP contribution in [0.15, 0.2) is 35.1 Å². The van der Waals surface area contributed by atoms with Gasteiger partial charge in [0.1, 0.15) is 6.33 Å². The molecule has 1 aromatic carbocycles. The lowest BCUT2D eigenvalue weighted by Crippen LogP contribution is -2.33. The Kier molecular flexibility index (Phi) is 5.03. The summed E-state index contributed by atoms with van der Waals surface area (Å²) in [4.78, 5) is 19.6. The SMILES string of the molecule is O=C(NC1CCCC1)c1ncn(Cc2ccc(-c3noc(C(F)(F)F)n3)cc2)n1. The fourth-order valence-corrected chi connectivity index (χ4v) is 3.20. The molecule has 4 rings (SSSR count). The summed E-state index contributed by atoms with van der Waals surface area (Å²) in [5.74, 6) is -1.71. The summed E-state index contributed by atoms with van der Waals surface area (Å²) in [6, 6.07) is 6.78. The van der Waals surface area contributed by atoms with Gasteiger partial charge in [0, 0.05) is 11.6 Å². The monoisotopic (exact) mass is 406 g/mol. The average molecular weight is 406 g/mol. The molecular formula is C18H17F3N6O2. The van der Waals surface area contributed by atoms with E-state index in [0.29, 0.717) is 12.1 Å². The third-order valence-corrected chi connectivity index (χ3v) is 4.66. The number of nitrogens with zero attached hydrogens (tertiary/aromatic N) is 5. The molecule has 1 amide bonds. The Bertz CT molecular complexity index is 990. The van der Waals surface area contributed by atoms with Crippen molar-refractivity contribution in [3.63, 3.8) is 0 Å². The van der Waals surface area contributed by atoms with Crippen LogP contribution in [-0.2, 0) is 12.7 Å². The Morgan fingerprint density at radius 1 is 1.21 bits per heavy atom. The first-order chi connectivity index (χ1) is 13.9. The standard InChI is InChI=1S/C18H17F3N6O2/c19-18(20,21)17-24-14(26-29-17)12-7-5-11(6-8-12)9-27-10-22-15(25-27)16(28)23-13-3-1-2-4-13/h5-8,10,13H,1-4,9H2,(H,23,28). The second kappa shape index (κ2) is 7.64. The first-order valence-corrected chi connectivity index (χ1v) is 9.09. The minimum absolute atomic E-state index is 0.111. The fourth-order valence-electron chi connectivity index (χ4n) is 3.20. The van der Waals surface area contributed by atoms with E-state index in [2.05, 4.69) is 30.1 Å². The van der Waals surface area contributed by atoms with Crippen molar-refractivity contribution in [3.05, 3.63) is 47.9 Å². The van der Waals surface area contributed by atoms with Crippen molar-refractivity contribution < 1.29 is 22.5 Å². The van der Waals surface area contributed by atoms with E-state index >= 15 is 0 Å². The minimum Gasteiger partial charge on any atom is -0.347 e. The molecule has 0 spiro atoms. The van der Waals surface area contributed by atoms with Crippen LogP contribution in [0.5, 0.6) is 0 Å². The number of benzene rings is 1. The zero-order valence-corrected chi connectivity index (χ0v) is 15.2. The van der Waals surface area contributed by atoms with Crippen molar-refractivity contribution in [2.75, 3.05) is 0 Å². The maximum atomic E-state index is 12.6. The van der Waals surface area contributed by atoms with Gasteiger partial charge in [0.05, 0.1) is 6.54 Å². The zero-order chi connectivity index (χ0) is 20.4. The molecule has 0 radical (unpaired) electrons. The molecule has 0 bridgehead atoms. The van der Waals surface area contributed by atoms with Gasteiger partial charge in [0.25, 0.3) is 5.91 Å². The van der Waals surface area contributed by atoms with Crippen LogP contribution >= 0.6 is 0 Å². The molecule has 152 valence electrons. The van der Waals surface area contributed by atoms with E-state index < -0.39 is 12.1 Å². The summed E-state index contributed by atoms with van der Waals surface area (Å²) in [5.41, 5.74) is 1.21. The van der Waals surface area contributed by atoms with E-state index in [0.717, 1.165) is 31.2 Å². The van der Waals surface area contributed by atoms with Gasteiger partial charge in [-0.1, -0.05) is 42.3 Å². The van der Waals surface area contributed by atoms with Crippen molar-refractivity contribution in [2.45, 2.75) is 44.4 Å². The first kappa shape index (κ1) is 19.1. The summed E-state index contributed by atoms with van der Waals surface area (Å²) >= 11 is 0. The highest BCUT2D eigenvalue weighted by Gasteiger charge is 2.38. The lowest BCUT2D eigenvalue weighted by atomic mass is 10.1. The van der Waals surface area contributed by atoms with Gasteiger partial charge < -0.3 is 9.84 Å². The molecule has 1 N–H and O–H groups in total. The van der Waals surface area contributed by atoms with Crippen LogP contribution in [0.4, 0.5) is 13.2 Å². The van der Waals surface area contributed by atoms with Crippen molar-refractivity contribution in [1.29, 1.82) is 0 Å². The first-order valence-electron chi connectivity index (χ1n) is 9.09. The molecule has 1 fully saturated rings. The van der Waals surface area contributed by atoms with E-state index in [4.69, 9.17) is 0 Å². The molecule has 1 aliphatic rings. The molecule has 0 aliphatic heterocycles. The highest BCUT2D eigenvalue weighted by molar-refractivity contribution is 5.90. The number of aromatic nitrogens is 5. The van der Waals surface area contributed by atoms with Crippen molar-refractivity contribution in [2.24, 2.45) is 0 Å². The molecule has 2 aromatic heterocycles. The van der Waals surface area contributed by atoms with Crippen molar-refractivity contribution in [3.8, 4) is 11.4 Å². The molecule has 0 saturated heterocycles. The largest absolute Gasteiger partial charge is 0.471 e. The lowest BCUT2D eigenvalue weighted by Gasteiger charge is -2.09. The minimum atomic E-state index is -4.68. The van der Waals surface area contributed by atoms with Gasteiger partial charge in [-0.05, 0) is 18.4 Å². The summed E-state index contributed by atoms with van der Waals surface area (Å²) in [6.07, 6.45) is 0.966. The topological polar surface area (TPSA) is 98.7 Å². The number of amides is 1. The third kappa shape index (κ3) is 4.44. The predicted molar refractivity (Wildman–Crippen MR) is 93.6 cm³/mol. The molecule has 0 unspecified atom stereocenters. The Labute approximate surface area is 163 Å². The molecule has 2 heterocycles. The summed E-state index contributed by atoms with van der Waals surface area (Å²) in [5, 5.41) is 10.5. The number of halogens is 3. The number of hydrogen-bond acceptors (Lipinski definition) is 6. The summed E-state index contributed by atoms with van der Waals surface area (Å²) < 4.78 is 43.4. The second-order valence-electron chi connectivity index (χ2n) is 6.84. The van der Waals surface area contributed by atoms with Crippen molar-refractivity contribution >= 4 is 5.91 Å². The Hall–Kier alpha value is -3.24. The van der Waals surface area contributed by atoms with Crippen LogP contribution in [0.1, 0.15) is 47.8 Å². The van der Waals surface area contributed by atoms with Gasteiger partial charge in [0.2, 0.25) is 11.6 Å². The van der Waals surface area contributed by atoms with Crippen LogP contribution in [0, 0.1) is 0 Å². The quantitative estimate of drug-likeness (QED) is 0.699. The molecule has 1 aliphatic carbocycles. The number of carbonyl (C=O) groups excluding carboxylic acids is 1. The van der Waals surface area contributed by atoms with Crippen molar-refractivity contribution in [1.82, 2.24) is 30.2 Å². The predicted octanol–water partition coefficient (Wildman–Crippen LogP) is 3.07. The van der Waals surface area contributed by atoms with Crippen LogP contribution in [-0.4, -0.2) is 36.9 Å². The molecule has 8 nitrogen and oxygen atoms in total. The summed E-state index contributed by atoms with van der Waals surface area (Å²) in [6.45, 7) is 0.351. The van der Waals surface area contributed by atoms with Gasteiger partial charge in [0.15, 0.2) is 0 Å². The highest BCUT2D eigenvalue weighted by Crippen LogP contribution is 2.29. The normalized spacial score (nSPS) is 15.0. The zero-order valence-electron chi connectivity index (χ0n) is 15.2. The van der Waals surface area contributed by atoms with Crippen LogP contribution in [0.2, 0.25) is 0 Å². The van der Waals surface area contributed by atoms with Gasteiger partial charge in [-0.15, -0.1) is 5.10 Å². The maximum Gasteiger partial charge on any atom is 0.471 e. The molecule has 3 aromatic rings. The fraction of sp³-hybridized carbons (Fsp3) is 0.389. The number of nitrogens with one attached hydrogen (secondary N) is 1. The number of alkyl halides is 3. The van der Waals surface area contributed by atoms with Crippen LogP contribution < -0.4 is 5.32 Å². The summed E-state index contributed by atoms with van der Waals surface area (Å²) in [7, 11) is 0. The number of carbonyl (C=O) groups is 1. The second-order valence-corrected chi connectivity index (χ2v) is 6.84. The molecular weight excluding hydrogens is 389 g/mol. The molecule has 11 heteroatoms. The van der Waals surface area contributed by atoms with Gasteiger partial charge >= 0.3 is 12.1 Å². The molecule has 0 atom stereocenters. The Morgan fingerprint density at radius 2 is 1.93 bits per heavy atom. The van der Waals surface area contributed by atoms with Gasteiger partial charge in [-0.25, -0.2) is 9.67 Å². The average Bonchev–Trinajstić information content (AvgIpc) is 3.43. The van der Waals surface area contributed by atoms with Gasteiger partial charge in [-0.3, -0.25) is 4.79 Å². The highest BCUT2D eigenvalue weighted by atomic mass is 19.4. The van der Waals surface area contributed by atoms with Gasteiger partial charge in [-0.2, -0.15) is 18.2 Å². The number of hydrogen-bond donors (Lipinski definition) is 1. The van der Waals surface area contributed by atoms with E-state index in [1.165, 1.54) is 11.0 Å². The Balaban J connectivity index is 1.39. The Morgan fingerprint density at radius 3 is 2.59 bits per heavy atom.